The summed E-state index contributed by atoms with van der Waals surface area (Å²) in [7, 11) is 0. The highest BCUT2D eigenvalue weighted by Crippen LogP contribution is 2.16. The van der Waals surface area contributed by atoms with Gasteiger partial charge in [0, 0.05) is 18.8 Å². The number of anilines is 1. The Morgan fingerprint density at radius 3 is 2.48 bits per heavy atom. The summed E-state index contributed by atoms with van der Waals surface area (Å²) in [6.45, 7) is 7.45. The fourth-order valence-corrected chi connectivity index (χ4v) is 2.46. The van der Waals surface area contributed by atoms with Crippen molar-refractivity contribution in [2.24, 2.45) is 10.7 Å². The third-order valence-electron chi connectivity index (χ3n) is 3.85. The van der Waals surface area contributed by atoms with Crippen molar-refractivity contribution in [2.75, 3.05) is 18.4 Å². The van der Waals surface area contributed by atoms with E-state index < -0.39 is 5.91 Å². The molecule has 1 saturated heterocycles. The maximum atomic E-state index is 11.6. The van der Waals surface area contributed by atoms with Gasteiger partial charge in [0.25, 0.3) is 0 Å². The van der Waals surface area contributed by atoms with E-state index in [-0.39, 0.29) is 0 Å². The second-order valence-electron chi connectivity index (χ2n) is 5.55. The Morgan fingerprint density at radius 2 is 1.91 bits per heavy atom. The molecule has 1 aliphatic heterocycles. The maximum Gasteiger partial charge on any atom is 0.248 e. The molecule has 1 aromatic rings. The van der Waals surface area contributed by atoms with Gasteiger partial charge in [-0.1, -0.05) is 24.8 Å². The van der Waals surface area contributed by atoms with Gasteiger partial charge in [-0.2, -0.15) is 0 Å². The Hall–Kier alpha value is -2.56. The number of aliphatic imine (C=N–C) groups is 1. The molecule has 0 aliphatic carbocycles. The molecule has 23 heavy (non-hydrogen) atoms. The monoisotopic (exact) mass is 312 g/mol. The number of carbonyl (C=O) groups excluding carboxylic acids is 1. The van der Waals surface area contributed by atoms with E-state index in [4.69, 9.17) is 5.73 Å². The molecule has 1 aliphatic rings. The number of para-hydroxylation sites is 1. The van der Waals surface area contributed by atoms with Crippen LogP contribution in [0.5, 0.6) is 0 Å². The molecule has 0 unspecified atom stereocenters. The van der Waals surface area contributed by atoms with E-state index in [0.29, 0.717) is 11.4 Å². The lowest BCUT2D eigenvalue weighted by molar-refractivity contribution is -0.114. The summed E-state index contributed by atoms with van der Waals surface area (Å²) in [5, 5.41) is 3.18. The summed E-state index contributed by atoms with van der Waals surface area (Å²) in [5.41, 5.74) is 6.69. The highest BCUT2D eigenvalue weighted by atomic mass is 16.1. The second kappa shape index (κ2) is 8.17. The van der Waals surface area contributed by atoms with Gasteiger partial charge in [0.05, 0.1) is 5.57 Å². The molecule has 1 amide bonds. The Bertz CT molecular complexity index is 613. The molecule has 1 heterocycles. The predicted octanol–water partition coefficient (Wildman–Crippen LogP) is 2.89. The molecule has 5 nitrogen and oxygen atoms in total. The minimum Gasteiger partial charge on any atom is -0.366 e. The summed E-state index contributed by atoms with van der Waals surface area (Å²) >= 11 is 0. The Labute approximate surface area is 137 Å². The van der Waals surface area contributed by atoms with E-state index in [2.05, 4.69) is 21.8 Å². The summed E-state index contributed by atoms with van der Waals surface area (Å²) in [4.78, 5) is 18.4. The number of benzene rings is 1. The van der Waals surface area contributed by atoms with E-state index >= 15 is 0 Å². The molecule has 0 atom stereocenters. The Morgan fingerprint density at radius 1 is 1.26 bits per heavy atom. The SMILES string of the molecule is C=C/C(=N\C(Nc1ccccc1)=C(/C)C(N)=O)N1CCCCC1. The molecule has 0 aromatic heterocycles. The molecule has 1 fully saturated rings. The molecular formula is C18H24N4O. The second-order valence-corrected chi connectivity index (χ2v) is 5.55. The van der Waals surface area contributed by atoms with Crippen molar-refractivity contribution < 1.29 is 4.79 Å². The van der Waals surface area contributed by atoms with Crippen molar-refractivity contribution in [1.29, 1.82) is 0 Å². The van der Waals surface area contributed by atoms with Crippen molar-refractivity contribution in [3.05, 3.63) is 54.4 Å². The first-order valence-corrected chi connectivity index (χ1v) is 7.90. The number of likely N-dealkylation sites (tertiary alicyclic amines) is 1. The first-order valence-electron chi connectivity index (χ1n) is 7.90. The van der Waals surface area contributed by atoms with Crippen LogP contribution in [0.15, 0.2) is 59.4 Å². The van der Waals surface area contributed by atoms with Crippen LogP contribution in [0.3, 0.4) is 0 Å². The molecule has 0 radical (unpaired) electrons. The van der Waals surface area contributed by atoms with Gasteiger partial charge in [-0.05, 0) is 44.4 Å². The number of hydrogen-bond acceptors (Lipinski definition) is 3. The van der Waals surface area contributed by atoms with Gasteiger partial charge in [0.2, 0.25) is 5.91 Å². The van der Waals surface area contributed by atoms with E-state index in [0.717, 1.165) is 37.5 Å². The molecule has 2 rings (SSSR count). The fourth-order valence-electron chi connectivity index (χ4n) is 2.46. The van der Waals surface area contributed by atoms with Crippen LogP contribution in [0.25, 0.3) is 0 Å². The molecule has 0 spiro atoms. The summed E-state index contributed by atoms with van der Waals surface area (Å²) in [5.74, 6) is 0.738. The smallest absolute Gasteiger partial charge is 0.248 e. The van der Waals surface area contributed by atoms with Gasteiger partial charge in [-0.15, -0.1) is 0 Å². The molecule has 3 N–H and O–H groups in total. The van der Waals surface area contributed by atoms with E-state index in [1.807, 2.05) is 30.3 Å². The third kappa shape index (κ3) is 4.71. The van der Waals surface area contributed by atoms with Crippen molar-refractivity contribution in [1.82, 2.24) is 4.90 Å². The number of carbonyl (C=O) groups is 1. The first kappa shape index (κ1) is 16.8. The van der Waals surface area contributed by atoms with Crippen molar-refractivity contribution >= 4 is 17.4 Å². The number of nitrogens with one attached hydrogen (secondary N) is 1. The molecule has 0 saturated carbocycles. The lowest BCUT2D eigenvalue weighted by Gasteiger charge is -2.28. The molecule has 1 aromatic carbocycles. The Balaban J connectivity index is 2.32. The molecule has 0 bridgehead atoms. The maximum absolute atomic E-state index is 11.6. The third-order valence-corrected chi connectivity index (χ3v) is 3.85. The normalized spacial score (nSPS) is 16.6. The summed E-state index contributed by atoms with van der Waals surface area (Å²) in [6, 6.07) is 9.60. The van der Waals surface area contributed by atoms with Gasteiger partial charge in [-0.3, -0.25) is 4.79 Å². The number of piperidine rings is 1. The van der Waals surface area contributed by atoms with Crippen molar-refractivity contribution in [3.8, 4) is 0 Å². The van der Waals surface area contributed by atoms with Crippen LogP contribution in [-0.2, 0) is 4.79 Å². The zero-order valence-corrected chi connectivity index (χ0v) is 13.6. The van der Waals surface area contributed by atoms with Crippen molar-refractivity contribution in [3.63, 3.8) is 0 Å². The zero-order chi connectivity index (χ0) is 16.7. The number of amidine groups is 1. The predicted molar refractivity (Wildman–Crippen MR) is 95.0 cm³/mol. The number of amides is 1. The van der Waals surface area contributed by atoms with Gasteiger partial charge < -0.3 is 16.0 Å². The van der Waals surface area contributed by atoms with Crippen LogP contribution in [0, 0.1) is 0 Å². The number of rotatable bonds is 5. The quantitative estimate of drug-likeness (QED) is 0.499. The number of hydrogen-bond donors (Lipinski definition) is 2. The fraction of sp³-hybridized carbons (Fsp3) is 0.333. The highest BCUT2D eigenvalue weighted by Gasteiger charge is 2.15. The number of nitrogens with zero attached hydrogens (tertiary/aromatic N) is 2. The minimum absolute atomic E-state index is 0.394. The van der Waals surface area contributed by atoms with Crippen LogP contribution in [0.2, 0.25) is 0 Å². The highest BCUT2D eigenvalue weighted by molar-refractivity contribution is 5.96. The lowest BCUT2D eigenvalue weighted by Crippen LogP contribution is -2.35. The average molecular weight is 312 g/mol. The standard InChI is InChI=1S/C18H24N4O/c1-3-16(22-12-8-5-9-13-22)21-18(14(2)17(19)23)20-15-10-6-4-7-11-15/h3-4,6-7,10-11,20H,1,5,8-9,12-13H2,2H3,(H2,19,23)/b18-14+,21-16+. The van der Waals surface area contributed by atoms with Gasteiger partial charge in [0.1, 0.15) is 11.7 Å². The van der Waals surface area contributed by atoms with E-state index in [1.54, 1.807) is 13.0 Å². The van der Waals surface area contributed by atoms with Crippen LogP contribution < -0.4 is 11.1 Å². The van der Waals surface area contributed by atoms with E-state index in [9.17, 15) is 4.79 Å². The van der Waals surface area contributed by atoms with Crippen LogP contribution in [0.1, 0.15) is 26.2 Å². The first-order chi connectivity index (χ1) is 11.1. The lowest BCUT2D eigenvalue weighted by atomic mass is 10.1. The molecule has 5 heteroatoms. The Kier molecular flexibility index (Phi) is 5.97. The van der Waals surface area contributed by atoms with Gasteiger partial charge in [-0.25, -0.2) is 4.99 Å². The number of nitrogens with two attached hydrogens (primary N) is 1. The molecular weight excluding hydrogens is 288 g/mol. The summed E-state index contributed by atoms with van der Waals surface area (Å²) in [6.07, 6.45) is 5.26. The average Bonchev–Trinajstić information content (AvgIpc) is 2.59. The minimum atomic E-state index is -0.491. The van der Waals surface area contributed by atoms with Gasteiger partial charge in [0.15, 0.2) is 0 Å². The zero-order valence-electron chi connectivity index (χ0n) is 13.6. The van der Waals surface area contributed by atoms with Crippen LogP contribution in [0.4, 0.5) is 5.69 Å². The summed E-state index contributed by atoms with van der Waals surface area (Å²) < 4.78 is 0. The topological polar surface area (TPSA) is 70.7 Å². The van der Waals surface area contributed by atoms with Crippen LogP contribution in [-0.4, -0.2) is 29.7 Å². The van der Waals surface area contributed by atoms with Crippen LogP contribution >= 0.6 is 0 Å². The van der Waals surface area contributed by atoms with Crippen molar-refractivity contribution in [2.45, 2.75) is 26.2 Å². The molecule has 122 valence electrons. The number of primary amides is 1. The van der Waals surface area contributed by atoms with Gasteiger partial charge >= 0.3 is 0 Å². The van der Waals surface area contributed by atoms with E-state index in [1.165, 1.54) is 6.42 Å². The largest absolute Gasteiger partial charge is 0.366 e.